The number of hydrogen-bond donors (Lipinski definition) is 1. The molecule has 24 heavy (non-hydrogen) atoms. The van der Waals surface area contributed by atoms with Gasteiger partial charge in [-0.2, -0.15) is 0 Å². The number of pyridine rings is 1. The van der Waals surface area contributed by atoms with E-state index < -0.39 is 0 Å². The van der Waals surface area contributed by atoms with Crippen molar-refractivity contribution >= 4 is 17.3 Å². The van der Waals surface area contributed by atoms with Crippen molar-refractivity contribution in [1.29, 1.82) is 0 Å². The molecule has 1 aromatic rings. The van der Waals surface area contributed by atoms with Gasteiger partial charge in [-0.25, -0.2) is 14.4 Å². The number of likely N-dealkylation sites (N-methyl/N-ethyl adjacent to an activating group) is 1. The molecule has 0 amide bonds. The second-order valence-corrected chi connectivity index (χ2v) is 7.01. The van der Waals surface area contributed by atoms with Crippen molar-refractivity contribution in [3.05, 3.63) is 29.5 Å². The molecule has 3 aliphatic heterocycles. The summed E-state index contributed by atoms with van der Waals surface area (Å²) in [5, 5.41) is 3.33. The van der Waals surface area contributed by atoms with E-state index in [2.05, 4.69) is 40.7 Å². The van der Waals surface area contributed by atoms with Crippen LogP contribution in [0.25, 0.3) is 0 Å². The number of aromatic nitrogens is 1. The fourth-order valence-corrected chi connectivity index (χ4v) is 4.03. The van der Waals surface area contributed by atoms with Gasteiger partial charge in [-0.05, 0) is 20.9 Å². The van der Waals surface area contributed by atoms with Crippen LogP contribution in [0.1, 0.15) is 18.2 Å². The third-order valence-electron chi connectivity index (χ3n) is 5.17. The molecule has 6 nitrogen and oxygen atoms in total. The Bertz CT molecular complexity index is 758. The van der Waals surface area contributed by atoms with Gasteiger partial charge in [-0.1, -0.05) is 6.58 Å². The number of rotatable bonds is 0. The van der Waals surface area contributed by atoms with E-state index in [1.54, 1.807) is 6.92 Å². The summed E-state index contributed by atoms with van der Waals surface area (Å²) in [6.07, 6.45) is 0. The van der Waals surface area contributed by atoms with Crippen LogP contribution in [0.2, 0.25) is 0 Å². The fraction of sp³-hybridized carbons (Fsp3) is 0.529. The van der Waals surface area contributed by atoms with Crippen LogP contribution in [0.3, 0.4) is 0 Å². The van der Waals surface area contributed by atoms with Gasteiger partial charge in [0.05, 0.1) is 23.0 Å². The van der Waals surface area contributed by atoms with Crippen molar-refractivity contribution in [2.24, 2.45) is 4.99 Å². The second kappa shape index (κ2) is 5.17. The Morgan fingerprint density at radius 2 is 2.04 bits per heavy atom. The molecule has 0 saturated carbocycles. The van der Waals surface area contributed by atoms with Crippen LogP contribution in [-0.4, -0.2) is 66.4 Å². The molecule has 4 rings (SSSR count). The molecule has 0 aliphatic carbocycles. The predicted octanol–water partition coefficient (Wildman–Crippen LogP) is 1.63. The number of aliphatic imine (C=N–C) groups is 1. The first-order valence-corrected chi connectivity index (χ1v) is 8.31. The lowest BCUT2D eigenvalue weighted by Crippen LogP contribution is -2.60. The van der Waals surface area contributed by atoms with Crippen LogP contribution >= 0.6 is 0 Å². The Balaban J connectivity index is 1.96. The summed E-state index contributed by atoms with van der Waals surface area (Å²) in [5.74, 6) is 1.86. The zero-order chi connectivity index (χ0) is 17.2. The molecule has 128 valence electrons. The SMILES string of the molecule is C=C1N=C2c3c(nc(C)c(F)c3NCC3CN(C)CC(C)N23)N1C. The molecule has 1 N–H and O–H groups in total. The third-order valence-corrected chi connectivity index (χ3v) is 5.17. The highest BCUT2D eigenvalue weighted by molar-refractivity contribution is 6.10. The van der Waals surface area contributed by atoms with Gasteiger partial charge in [-0.15, -0.1) is 0 Å². The molecule has 2 unspecified atom stereocenters. The highest BCUT2D eigenvalue weighted by Crippen LogP contribution is 2.39. The van der Waals surface area contributed by atoms with Gasteiger partial charge in [0, 0.05) is 32.7 Å². The average molecular weight is 330 g/mol. The molecule has 0 spiro atoms. The van der Waals surface area contributed by atoms with Crippen molar-refractivity contribution < 1.29 is 4.39 Å². The van der Waals surface area contributed by atoms with Gasteiger partial charge < -0.3 is 20.0 Å². The number of hydrogen-bond acceptors (Lipinski definition) is 6. The number of anilines is 2. The minimum atomic E-state index is -0.289. The average Bonchev–Trinajstić information content (AvgIpc) is 2.67. The zero-order valence-corrected chi connectivity index (χ0v) is 14.6. The molecule has 0 radical (unpaired) electrons. The number of nitrogens with one attached hydrogen (secondary N) is 1. The fourth-order valence-electron chi connectivity index (χ4n) is 4.03. The largest absolute Gasteiger partial charge is 0.380 e. The van der Waals surface area contributed by atoms with E-state index >= 15 is 0 Å². The van der Waals surface area contributed by atoms with Crippen LogP contribution in [0.5, 0.6) is 0 Å². The molecular formula is C17H23FN6. The van der Waals surface area contributed by atoms with E-state index in [1.807, 2.05) is 11.9 Å². The van der Waals surface area contributed by atoms with Gasteiger partial charge in [0.2, 0.25) is 0 Å². The van der Waals surface area contributed by atoms with Crippen molar-refractivity contribution in [3.63, 3.8) is 0 Å². The maximum atomic E-state index is 14.8. The molecule has 1 fully saturated rings. The Morgan fingerprint density at radius 1 is 1.29 bits per heavy atom. The molecule has 2 atom stereocenters. The Hall–Kier alpha value is -2.15. The van der Waals surface area contributed by atoms with E-state index in [0.29, 0.717) is 23.7 Å². The third kappa shape index (κ3) is 2.04. The molecule has 0 aromatic carbocycles. The lowest BCUT2D eigenvalue weighted by atomic mass is 10.0. The Morgan fingerprint density at radius 3 is 2.79 bits per heavy atom. The van der Waals surface area contributed by atoms with E-state index in [-0.39, 0.29) is 17.9 Å². The lowest BCUT2D eigenvalue weighted by molar-refractivity contribution is 0.111. The van der Waals surface area contributed by atoms with E-state index in [0.717, 1.165) is 30.3 Å². The van der Waals surface area contributed by atoms with E-state index in [1.165, 1.54) is 0 Å². The number of amidine groups is 1. The quantitative estimate of drug-likeness (QED) is 0.783. The number of fused-ring (bicyclic) bond motifs is 2. The van der Waals surface area contributed by atoms with Crippen molar-refractivity contribution in [1.82, 2.24) is 14.8 Å². The standard InChI is InChI=1S/C17H23FN6/c1-9-7-22(4)8-12-6-19-15-13-16(20-10(2)14(15)18)23(5)11(3)21-17(13)24(9)12/h9,12,19H,3,6-8H2,1-2,4-5H3. The van der Waals surface area contributed by atoms with E-state index in [9.17, 15) is 4.39 Å². The number of piperazine rings is 1. The zero-order valence-electron chi connectivity index (χ0n) is 14.6. The topological polar surface area (TPSA) is 47.0 Å². The molecule has 3 aliphatic rings. The van der Waals surface area contributed by atoms with Crippen molar-refractivity contribution in [2.45, 2.75) is 25.9 Å². The summed E-state index contributed by atoms with van der Waals surface area (Å²) >= 11 is 0. The van der Waals surface area contributed by atoms with Crippen molar-refractivity contribution in [3.8, 4) is 0 Å². The monoisotopic (exact) mass is 330 g/mol. The van der Waals surface area contributed by atoms with Crippen molar-refractivity contribution in [2.75, 3.05) is 43.9 Å². The molecular weight excluding hydrogens is 307 g/mol. The van der Waals surface area contributed by atoms with Crippen LogP contribution in [0.15, 0.2) is 17.4 Å². The summed E-state index contributed by atoms with van der Waals surface area (Å²) in [6.45, 7) is 10.5. The summed E-state index contributed by atoms with van der Waals surface area (Å²) in [7, 11) is 4.00. The second-order valence-electron chi connectivity index (χ2n) is 7.01. The minimum Gasteiger partial charge on any atom is -0.380 e. The summed E-state index contributed by atoms with van der Waals surface area (Å²) in [5.41, 5.74) is 1.66. The van der Waals surface area contributed by atoms with Gasteiger partial charge in [0.25, 0.3) is 0 Å². The minimum absolute atomic E-state index is 0.230. The molecule has 1 saturated heterocycles. The predicted molar refractivity (Wildman–Crippen MR) is 94.1 cm³/mol. The highest BCUT2D eigenvalue weighted by atomic mass is 19.1. The first-order chi connectivity index (χ1) is 11.4. The normalized spacial score (nSPS) is 26.4. The molecule has 1 aromatic heterocycles. The Kier molecular flexibility index (Phi) is 3.32. The first kappa shape index (κ1) is 15.4. The maximum Gasteiger partial charge on any atom is 0.168 e. The smallest absolute Gasteiger partial charge is 0.168 e. The molecule has 7 heteroatoms. The molecule has 0 bridgehead atoms. The van der Waals surface area contributed by atoms with Gasteiger partial charge >= 0.3 is 0 Å². The van der Waals surface area contributed by atoms with Gasteiger partial charge in [0.1, 0.15) is 17.5 Å². The summed E-state index contributed by atoms with van der Waals surface area (Å²) in [4.78, 5) is 15.7. The summed E-state index contributed by atoms with van der Waals surface area (Å²) < 4.78 is 14.8. The first-order valence-electron chi connectivity index (χ1n) is 8.31. The van der Waals surface area contributed by atoms with Crippen LogP contribution in [0, 0.1) is 12.7 Å². The number of halogens is 1. The van der Waals surface area contributed by atoms with E-state index in [4.69, 9.17) is 4.99 Å². The number of aryl methyl sites for hydroxylation is 1. The van der Waals surface area contributed by atoms with Gasteiger partial charge in [-0.3, -0.25) is 0 Å². The highest BCUT2D eigenvalue weighted by Gasteiger charge is 2.41. The summed E-state index contributed by atoms with van der Waals surface area (Å²) in [6, 6.07) is 0.516. The number of nitrogens with zero attached hydrogens (tertiary/aromatic N) is 5. The van der Waals surface area contributed by atoms with Gasteiger partial charge in [0.15, 0.2) is 5.82 Å². The Labute approximate surface area is 141 Å². The lowest BCUT2D eigenvalue weighted by Gasteiger charge is -2.46. The van der Waals surface area contributed by atoms with Crippen LogP contribution in [0.4, 0.5) is 15.9 Å². The van der Waals surface area contributed by atoms with Crippen LogP contribution in [-0.2, 0) is 0 Å². The maximum absolute atomic E-state index is 14.8. The molecule has 4 heterocycles. The van der Waals surface area contributed by atoms with Crippen LogP contribution < -0.4 is 10.2 Å².